The van der Waals surface area contributed by atoms with Crippen molar-refractivity contribution in [2.24, 2.45) is 18.9 Å². The van der Waals surface area contributed by atoms with E-state index in [1.807, 2.05) is 26.1 Å². The summed E-state index contributed by atoms with van der Waals surface area (Å²) in [6, 6.07) is 0. The minimum atomic E-state index is -0.666. The first-order chi connectivity index (χ1) is 12.9. The molecule has 4 rings (SSSR count). The lowest BCUT2D eigenvalue weighted by Gasteiger charge is -2.27. The van der Waals surface area contributed by atoms with Crippen molar-refractivity contribution in [1.82, 2.24) is 19.6 Å². The van der Waals surface area contributed by atoms with E-state index in [4.69, 9.17) is 9.47 Å². The second-order valence-corrected chi connectivity index (χ2v) is 7.73. The third-order valence-electron chi connectivity index (χ3n) is 6.15. The van der Waals surface area contributed by atoms with Crippen LogP contribution in [0.3, 0.4) is 0 Å². The summed E-state index contributed by atoms with van der Waals surface area (Å²) in [5.41, 5.74) is 1.36. The number of hydrogen-bond acceptors (Lipinski definition) is 5. The first-order valence-corrected chi connectivity index (χ1v) is 9.25. The predicted molar refractivity (Wildman–Crippen MR) is 96.6 cm³/mol. The lowest BCUT2D eigenvalue weighted by molar-refractivity contribution is -0.142. The molecule has 1 spiro atoms. The van der Waals surface area contributed by atoms with Gasteiger partial charge in [0.15, 0.2) is 0 Å². The van der Waals surface area contributed by atoms with Gasteiger partial charge in [0.1, 0.15) is 5.60 Å². The van der Waals surface area contributed by atoms with Crippen LogP contribution in [-0.4, -0.2) is 77.0 Å². The second-order valence-electron chi connectivity index (χ2n) is 7.73. The number of fused-ring (bicyclic) bond motifs is 1. The molecule has 27 heavy (non-hydrogen) atoms. The van der Waals surface area contributed by atoms with E-state index < -0.39 is 17.4 Å². The average Bonchev–Trinajstić information content (AvgIpc) is 3.36. The summed E-state index contributed by atoms with van der Waals surface area (Å²) in [4.78, 5) is 29.7. The number of hydrogen-bond donors (Lipinski definition) is 0. The number of nitrogens with zero attached hydrogens (tertiary/aromatic N) is 4. The summed E-state index contributed by atoms with van der Waals surface area (Å²) in [7, 11) is 5.27. The number of aryl methyl sites for hydroxylation is 1. The van der Waals surface area contributed by atoms with Crippen LogP contribution in [0.2, 0.25) is 0 Å². The molecule has 1 aromatic heterocycles. The SMILES string of the molecule is COCCN1C[C@]23C=C[C@H](O2)C(C(=O)N(C)Cc2cnn(C)c2C)C3C1=O. The molecule has 8 heteroatoms. The summed E-state index contributed by atoms with van der Waals surface area (Å²) in [5.74, 6) is -0.990. The van der Waals surface area contributed by atoms with Gasteiger partial charge in [0, 0.05) is 45.6 Å². The van der Waals surface area contributed by atoms with Gasteiger partial charge in [-0.1, -0.05) is 12.2 Å². The van der Waals surface area contributed by atoms with Crippen LogP contribution in [0.25, 0.3) is 0 Å². The van der Waals surface area contributed by atoms with Crippen molar-refractivity contribution in [3.63, 3.8) is 0 Å². The number of likely N-dealkylation sites (tertiary alicyclic amines) is 1. The summed E-state index contributed by atoms with van der Waals surface area (Å²) < 4.78 is 13.0. The molecular weight excluding hydrogens is 348 g/mol. The van der Waals surface area contributed by atoms with E-state index in [0.717, 1.165) is 11.3 Å². The van der Waals surface area contributed by atoms with Gasteiger partial charge in [-0.2, -0.15) is 5.10 Å². The fourth-order valence-corrected chi connectivity index (χ4v) is 4.54. The van der Waals surface area contributed by atoms with E-state index in [2.05, 4.69) is 5.10 Å². The molecule has 8 nitrogen and oxygen atoms in total. The van der Waals surface area contributed by atoms with Crippen molar-refractivity contribution in [2.75, 3.05) is 33.9 Å². The van der Waals surface area contributed by atoms with E-state index in [1.165, 1.54) is 0 Å². The maximum atomic E-state index is 13.3. The van der Waals surface area contributed by atoms with Crippen LogP contribution in [0.1, 0.15) is 11.3 Å². The molecule has 0 N–H and O–H groups in total. The van der Waals surface area contributed by atoms with E-state index in [1.54, 1.807) is 34.8 Å². The molecule has 0 aromatic carbocycles. The van der Waals surface area contributed by atoms with Crippen LogP contribution in [0.15, 0.2) is 18.3 Å². The highest BCUT2D eigenvalue weighted by Gasteiger charge is 2.66. The Bertz CT molecular complexity index is 804. The summed E-state index contributed by atoms with van der Waals surface area (Å²) in [6.45, 7) is 3.92. The van der Waals surface area contributed by atoms with E-state index in [-0.39, 0.29) is 17.9 Å². The molecule has 2 unspecified atom stereocenters. The van der Waals surface area contributed by atoms with Crippen LogP contribution < -0.4 is 0 Å². The number of methoxy groups -OCH3 is 1. The molecule has 2 fully saturated rings. The molecule has 3 aliphatic heterocycles. The fourth-order valence-electron chi connectivity index (χ4n) is 4.54. The van der Waals surface area contributed by atoms with E-state index in [9.17, 15) is 9.59 Å². The molecule has 4 atom stereocenters. The zero-order chi connectivity index (χ0) is 19.3. The van der Waals surface area contributed by atoms with Crippen molar-refractivity contribution < 1.29 is 19.1 Å². The highest BCUT2D eigenvalue weighted by atomic mass is 16.5. The minimum Gasteiger partial charge on any atom is -0.383 e. The Kier molecular flexibility index (Phi) is 4.35. The van der Waals surface area contributed by atoms with Crippen molar-refractivity contribution >= 4 is 11.8 Å². The van der Waals surface area contributed by atoms with Gasteiger partial charge >= 0.3 is 0 Å². The predicted octanol–water partition coefficient (Wildman–Crippen LogP) is 0.115. The first kappa shape index (κ1) is 18.2. The third-order valence-corrected chi connectivity index (χ3v) is 6.15. The number of carbonyl (C=O) groups excluding carboxylic acids is 2. The number of aromatic nitrogens is 2. The summed E-state index contributed by atoms with van der Waals surface area (Å²) in [6.07, 6.45) is 5.37. The standard InChI is InChI=1S/C19H26N4O4/c1-12-13(9-20-22(12)3)10-21(2)17(24)15-14-5-6-19(27-14)11-23(7-8-26-4)18(25)16(15)19/h5-6,9,14-16H,7-8,10-11H2,1-4H3/t14-,15?,16?,19-/m0/s1. The number of amides is 2. The van der Waals surface area contributed by atoms with Gasteiger partial charge in [-0.3, -0.25) is 14.3 Å². The van der Waals surface area contributed by atoms with Crippen molar-refractivity contribution in [1.29, 1.82) is 0 Å². The average molecular weight is 374 g/mol. The second kappa shape index (κ2) is 6.45. The van der Waals surface area contributed by atoms with Crippen molar-refractivity contribution in [2.45, 2.75) is 25.2 Å². The molecule has 2 bridgehead atoms. The maximum absolute atomic E-state index is 13.3. The van der Waals surface area contributed by atoms with Crippen LogP contribution in [-0.2, 0) is 32.7 Å². The third kappa shape index (κ3) is 2.70. The largest absolute Gasteiger partial charge is 0.383 e. The van der Waals surface area contributed by atoms with Crippen LogP contribution in [0, 0.1) is 18.8 Å². The Morgan fingerprint density at radius 2 is 2.30 bits per heavy atom. The first-order valence-electron chi connectivity index (χ1n) is 9.25. The van der Waals surface area contributed by atoms with Crippen LogP contribution >= 0.6 is 0 Å². The molecule has 1 aromatic rings. The van der Waals surface area contributed by atoms with E-state index >= 15 is 0 Å². The summed E-state index contributed by atoms with van der Waals surface area (Å²) >= 11 is 0. The highest BCUT2D eigenvalue weighted by Crippen LogP contribution is 2.52. The molecule has 3 aliphatic rings. The Morgan fingerprint density at radius 3 is 2.96 bits per heavy atom. The highest BCUT2D eigenvalue weighted by molar-refractivity contribution is 5.93. The van der Waals surface area contributed by atoms with Gasteiger partial charge in [0.05, 0.1) is 37.3 Å². The number of carbonyl (C=O) groups is 2. The summed E-state index contributed by atoms with van der Waals surface area (Å²) in [5, 5.41) is 4.24. The lowest BCUT2D eigenvalue weighted by Crippen LogP contribution is -2.44. The van der Waals surface area contributed by atoms with Gasteiger partial charge < -0.3 is 19.3 Å². The minimum absolute atomic E-state index is 0.0109. The monoisotopic (exact) mass is 374 g/mol. The van der Waals surface area contributed by atoms with Gasteiger partial charge in [0.2, 0.25) is 11.8 Å². The Balaban J connectivity index is 1.53. The zero-order valence-electron chi connectivity index (χ0n) is 16.2. The zero-order valence-corrected chi connectivity index (χ0v) is 16.2. The topological polar surface area (TPSA) is 76.9 Å². The molecule has 0 radical (unpaired) electrons. The Hall–Kier alpha value is -2.19. The molecule has 4 heterocycles. The van der Waals surface area contributed by atoms with Gasteiger partial charge in [-0.15, -0.1) is 0 Å². The molecule has 146 valence electrons. The molecular formula is C19H26N4O4. The maximum Gasteiger partial charge on any atom is 0.230 e. The van der Waals surface area contributed by atoms with Crippen LogP contribution in [0.4, 0.5) is 0 Å². The van der Waals surface area contributed by atoms with Gasteiger partial charge in [-0.25, -0.2) is 0 Å². The molecule has 2 amide bonds. The van der Waals surface area contributed by atoms with Gasteiger partial charge in [0.25, 0.3) is 0 Å². The van der Waals surface area contributed by atoms with Gasteiger partial charge in [-0.05, 0) is 6.92 Å². The fraction of sp³-hybridized carbons (Fsp3) is 0.632. The number of ether oxygens (including phenoxy) is 2. The van der Waals surface area contributed by atoms with Crippen molar-refractivity contribution in [3.8, 4) is 0 Å². The van der Waals surface area contributed by atoms with Crippen LogP contribution in [0.5, 0.6) is 0 Å². The Morgan fingerprint density at radius 1 is 1.52 bits per heavy atom. The van der Waals surface area contributed by atoms with E-state index in [0.29, 0.717) is 26.2 Å². The smallest absolute Gasteiger partial charge is 0.230 e. The quantitative estimate of drug-likeness (QED) is 0.661. The number of rotatable bonds is 6. The molecule has 2 saturated heterocycles. The Labute approximate surface area is 158 Å². The molecule has 0 aliphatic carbocycles. The normalized spacial score (nSPS) is 31.0. The van der Waals surface area contributed by atoms with Crippen molar-refractivity contribution in [3.05, 3.63) is 29.6 Å². The molecule has 0 saturated carbocycles. The lowest BCUT2D eigenvalue weighted by atomic mass is 9.76.